The molecule has 0 spiro atoms. The summed E-state index contributed by atoms with van der Waals surface area (Å²) in [7, 11) is 0. The van der Waals surface area contributed by atoms with Gasteiger partial charge in [0.1, 0.15) is 0 Å². The molecule has 1 aliphatic carbocycles. The second-order valence-corrected chi connectivity index (χ2v) is 6.05. The molecule has 0 bridgehead atoms. The van der Waals surface area contributed by atoms with Crippen LogP contribution < -0.4 is 5.32 Å². The first-order valence-corrected chi connectivity index (χ1v) is 6.95. The van der Waals surface area contributed by atoms with E-state index in [1.165, 1.54) is 22.2 Å². The molecule has 14 heavy (non-hydrogen) atoms. The maximum Gasteiger partial charge on any atom is 0.0327 e. The second kappa shape index (κ2) is 4.52. The minimum Gasteiger partial charge on any atom is -0.311 e. The van der Waals surface area contributed by atoms with Gasteiger partial charge >= 0.3 is 0 Å². The van der Waals surface area contributed by atoms with E-state index in [2.05, 4.69) is 32.7 Å². The molecule has 1 nitrogen and oxygen atoms in total. The summed E-state index contributed by atoms with van der Waals surface area (Å²) in [4.78, 5) is 1.37. The minimum atomic E-state index is 0.422. The van der Waals surface area contributed by atoms with Crippen LogP contribution in [0.25, 0.3) is 0 Å². The molecule has 0 amide bonds. The lowest BCUT2D eigenvalue weighted by Gasteiger charge is -2.11. The Morgan fingerprint density at radius 3 is 2.86 bits per heavy atom. The minimum absolute atomic E-state index is 0.422. The number of rotatable bonds is 5. The smallest absolute Gasteiger partial charge is 0.0327 e. The third-order valence-corrected chi connectivity index (χ3v) is 5.21. The van der Waals surface area contributed by atoms with E-state index >= 15 is 0 Å². The van der Waals surface area contributed by atoms with Gasteiger partial charge in [-0.2, -0.15) is 0 Å². The lowest BCUT2D eigenvalue weighted by molar-refractivity contribution is 0.506. The Hall–Kier alpha value is 0.430. The van der Waals surface area contributed by atoms with E-state index in [0.29, 0.717) is 5.41 Å². The van der Waals surface area contributed by atoms with Gasteiger partial charge in [-0.25, -0.2) is 0 Å². The van der Waals surface area contributed by atoms with Crippen molar-refractivity contribution < 1.29 is 0 Å². The van der Waals surface area contributed by atoms with E-state index in [1.807, 2.05) is 0 Å². The van der Waals surface area contributed by atoms with Crippen molar-refractivity contribution in [3.05, 3.63) is 20.8 Å². The van der Waals surface area contributed by atoms with E-state index in [1.54, 1.807) is 11.3 Å². The number of hydrogen-bond donors (Lipinski definition) is 1. The Bertz CT molecular complexity index is 309. The Balaban J connectivity index is 1.76. The molecule has 2 rings (SSSR count). The monoisotopic (exact) mass is 293 g/mol. The van der Waals surface area contributed by atoms with Gasteiger partial charge in [-0.3, -0.25) is 0 Å². The molecule has 0 radical (unpaired) electrons. The Morgan fingerprint density at radius 1 is 1.57 bits per heavy atom. The molecule has 0 aromatic carbocycles. The Morgan fingerprint density at radius 2 is 2.36 bits per heavy atom. The first kappa shape index (κ1) is 10.9. The number of alkyl halides is 1. The van der Waals surface area contributed by atoms with Crippen molar-refractivity contribution in [1.29, 1.82) is 0 Å². The summed E-state index contributed by atoms with van der Waals surface area (Å²) >= 11 is 11.2. The zero-order valence-corrected chi connectivity index (χ0v) is 11.0. The highest BCUT2D eigenvalue weighted by molar-refractivity contribution is 9.10. The highest BCUT2D eigenvalue weighted by atomic mass is 79.9. The van der Waals surface area contributed by atoms with Crippen molar-refractivity contribution >= 4 is 38.9 Å². The van der Waals surface area contributed by atoms with Crippen LogP contribution in [-0.2, 0) is 6.54 Å². The van der Waals surface area contributed by atoms with Gasteiger partial charge in [0.25, 0.3) is 0 Å². The van der Waals surface area contributed by atoms with Crippen molar-refractivity contribution in [1.82, 2.24) is 5.32 Å². The van der Waals surface area contributed by atoms with Crippen LogP contribution in [0.2, 0.25) is 0 Å². The van der Waals surface area contributed by atoms with Gasteiger partial charge in [-0.1, -0.05) is 0 Å². The van der Waals surface area contributed by atoms with Crippen LogP contribution >= 0.6 is 38.9 Å². The normalized spacial score (nSPS) is 18.4. The van der Waals surface area contributed by atoms with Crippen molar-refractivity contribution in [3.63, 3.8) is 0 Å². The largest absolute Gasteiger partial charge is 0.311 e. The van der Waals surface area contributed by atoms with Crippen LogP contribution in [0.3, 0.4) is 0 Å². The van der Waals surface area contributed by atoms with E-state index < -0.39 is 0 Å². The standard InChI is InChI=1S/C10H13BrClNS/c11-8-1-4-14-9(8)5-13-7-10(6-12)2-3-10/h1,4,13H,2-3,5-7H2. The molecule has 4 heteroatoms. The highest BCUT2D eigenvalue weighted by Gasteiger charge is 2.41. The number of nitrogens with one attached hydrogen (secondary N) is 1. The Labute approximate surface area is 102 Å². The fourth-order valence-electron chi connectivity index (χ4n) is 1.43. The SMILES string of the molecule is ClCC1(CNCc2sccc2Br)CC1. The predicted octanol–water partition coefficient (Wildman–Crippen LogP) is 3.62. The third-order valence-electron chi connectivity index (χ3n) is 2.72. The quantitative estimate of drug-likeness (QED) is 0.818. The van der Waals surface area contributed by atoms with Crippen LogP contribution in [0.4, 0.5) is 0 Å². The van der Waals surface area contributed by atoms with Crippen molar-refractivity contribution in [3.8, 4) is 0 Å². The van der Waals surface area contributed by atoms with Crippen LogP contribution in [-0.4, -0.2) is 12.4 Å². The van der Waals surface area contributed by atoms with Crippen LogP contribution in [0.1, 0.15) is 17.7 Å². The van der Waals surface area contributed by atoms with E-state index in [0.717, 1.165) is 19.0 Å². The summed E-state index contributed by atoms with van der Waals surface area (Å²) in [5, 5.41) is 5.58. The summed E-state index contributed by atoms with van der Waals surface area (Å²) in [6, 6.07) is 2.09. The van der Waals surface area contributed by atoms with E-state index in [4.69, 9.17) is 11.6 Å². The summed E-state index contributed by atoms with van der Waals surface area (Å²) in [5.74, 6) is 0.797. The summed E-state index contributed by atoms with van der Waals surface area (Å²) in [5.41, 5.74) is 0.422. The van der Waals surface area contributed by atoms with Gasteiger partial charge in [0.15, 0.2) is 0 Å². The second-order valence-electron chi connectivity index (χ2n) is 3.93. The molecule has 0 unspecified atom stereocenters. The maximum absolute atomic E-state index is 5.90. The topological polar surface area (TPSA) is 12.0 Å². The average Bonchev–Trinajstić information content (AvgIpc) is 2.86. The zero-order chi connectivity index (χ0) is 10.0. The Kier molecular flexibility index (Phi) is 3.53. The molecule has 0 aliphatic heterocycles. The number of halogens is 2. The summed E-state index contributed by atoms with van der Waals surface area (Å²) < 4.78 is 1.21. The molecular weight excluding hydrogens is 282 g/mol. The molecule has 1 aliphatic rings. The molecule has 0 saturated heterocycles. The fraction of sp³-hybridized carbons (Fsp3) is 0.600. The van der Waals surface area contributed by atoms with Gasteiger partial charge < -0.3 is 5.32 Å². The van der Waals surface area contributed by atoms with Crippen LogP contribution in [0, 0.1) is 5.41 Å². The van der Waals surface area contributed by atoms with Crippen LogP contribution in [0.5, 0.6) is 0 Å². The van der Waals surface area contributed by atoms with Gasteiger partial charge in [-0.15, -0.1) is 22.9 Å². The molecule has 1 heterocycles. The first-order chi connectivity index (χ1) is 6.76. The van der Waals surface area contributed by atoms with E-state index in [9.17, 15) is 0 Å². The molecule has 78 valence electrons. The van der Waals surface area contributed by atoms with E-state index in [-0.39, 0.29) is 0 Å². The zero-order valence-electron chi connectivity index (χ0n) is 7.85. The summed E-state index contributed by atoms with van der Waals surface area (Å²) in [6.45, 7) is 2.01. The molecular formula is C10H13BrClNS. The molecule has 0 atom stereocenters. The lowest BCUT2D eigenvalue weighted by Crippen LogP contribution is -2.24. The molecule has 1 aromatic heterocycles. The van der Waals surface area contributed by atoms with Gasteiger partial charge in [0, 0.05) is 28.3 Å². The maximum atomic E-state index is 5.90. The fourth-order valence-corrected chi connectivity index (χ4v) is 3.25. The molecule has 1 N–H and O–H groups in total. The average molecular weight is 295 g/mol. The summed E-state index contributed by atoms with van der Waals surface area (Å²) in [6.07, 6.45) is 2.57. The number of hydrogen-bond acceptors (Lipinski definition) is 2. The van der Waals surface area contributed by atoms with Crippen LogP contribution in [0.15, 0.2) is 15.9 Å². The van der Waals surface area contributed by atoms with Gasteiger partial charge in [0.2, 0.25) is 0 Å². The van der Waals surface area contributed by atoms with Crippen molar-refractivity contribution in [2.45, 2.75) is 19.4 Å². The molecule has 1 fully saturated rings. The van der Waals surface area contributed by atoms with Gasteiger partial charge in [-0.05, 0) is 45.6 Å². The first-order valence-electron chi connectivity index (χ1n) is 4.74. The highest BCUT2D eigenvalue weighted by Crippen LogP contribution is 2.45. The molecule has 1 saturated carbocycles. The van der Waals surface area contributed by atoms with Crippen molar-refractivity contribution in [2.75, 3.05) is 12.4 Å². The predicted molar refractivity (Wildman–Crippen MR) is 66.1 cm³/mol. The number of thiophene rings is 1. The lowest BCUT2D eigenvalue weighted by atomic mass is 10.1. The molecule has 1 aromatic rings. The van der Waals surface area contributed by atoms with Crippen molar-refractivity contribution in [2.24, 2.45) is 5.41 Å². The van der Waals surface area contributed by atoms with Gasteiger partial charge in [0.05, 0.1) is 0 Å². The third kappa shape index (κ3) is 2.51.